The molecule has 2 heteroatoms. The number of likely N-dealkylation sites (N-methyl/N-ethyl adjacent to an activating group) is 1. The molecule has 1 aromatic heterocycles. The fraction of sp³-hybridized carbons (Fsp3) is 0.556. The lowest BCUT2D eigenvalue weighted by atomic mass is 10.1. The van der Waals surface area contributed by atoms with E-state index >= 15 is 0 Å². The molecule has 0 radical (unpaired) electrons. The standard InChI is InChI=1S/C9H15NO/c1-3-10-7-8(2)9-5-4-6-11-9/h4-6,8,10H,3,7H2,1-2H3. The molecule has 1 heterocycles. The molecule has 0 aliphatic heterocycles. The number of hydrogen-bond acceptors (Lipinski definition) is 2. The van der Waals surface area contributed by atoms with Crippen LogP contribution in [-0.4, -0.2) is 13.1 Å². The normalized spacial score (nSPS) is 13.3. The van der Waals surface area contributed by atoms with Gasteiger partial charge in [0.15, 0.2) is 0 Å². The monoisotopic (exact) mass is 153 g/mol. The molecular formula is C9H15NO. The first kappa shape index (κ1) is 8.34. The minimum atomic E-state index is 0.477. The van der Waals surface area contributed by atoms with Crippen LogP contribution in [0.1, 0.15) is 25.5 Å². The molecule has 0 aliphatic rings. The van der Waals surface area contributed by atoms with Gasteiger partial charge in [-0.3, -0.25) is 0 Å². The van der Waals surface area contributed by atoms with Gasteiger partial charge in [0.05, 0.1) is 6.26 Å². The second kappa shape index (κ2) is 4.19. The van der Waals surface area contributed by atoms with E-state index in [1.807, 2.05) is 12.1 Å². The first-order chi connectivity index (χ1) is 5.34. The molecule has 1 rings (SSSR count). The number of hydrogen-bond donors (Lipinski definition) is 1. The molecule has 0 fully saturated rings. The van der Waals surface area contributed by atoms with Crippen molar-refractivity contribution in [1.29, 1.82) is 0 Å². The Balaban J connectivity index is 2.36. The summed E-state index contributed by atoms with van der Waals surface area (Å²) in [6.45, 7) is 6.27. The van der Waals surface area contributed by atoms with Crippen molar-refractivity contribution in [2.45, 2.75) is 19.8 Å². The quantitative estimate of drug-likeness (QED) is 0.715. The summed E-state index contributed by atoms with van der Waals surface area (Å²) in [5, 5.41) is 3.28. The Morgan fingerprint density at radius 2 is 2.45 bits per heavy atom. The molecule has 1 N–H and O–H groups in total. The zero-order valence-electron chi connectivity index (χ0n) is 7.13. The van der Waals surface area contributed by atoms with Gasteiger partial charge in [0.25, 0.3) is 0 Å². The predicted octanol–water partition coefficient (Wildman–Crippen LogP) is 1.99. The van der Waals surface area contributed by atoms with E-state index in [0.29, 0.717) is 5.92 Å². The van der Waals surface area contributed by atoms with Crippen LogP contribution < -0.4 is 5.32 Å². The lowest BCUT2D eigenvalue weighted by molar-refractivity contribution is 0.461. The molecule has 1 aromatic rings. The molecule has 0 amide bonds. The van der Waals surface area contributed by atoms with Crippen LogP contribution in [0.15, 0.2) is 22.8 Å². The van der Waals surface area contributed by atoms with E-state index in [2.05, 4.69) is 19.2 Å². The minimum Gasteiger partial charge on any atom is -0.469 e. The van der Waals surface area contributed by atoms with Crippen LogP contribution >= 0.6 is 0 Å². The van der Waals surface area contributed by atoms with Crippen LogP contribution in [0, 0.1) is 0 Å². The van der Waals surface area contributed by atoms with Crippen molar-refractivity contribution in [2.75, 3.05) is 13.1 Å². The summed E-state index contributed by atoms with van der Waals surface area (Å²) < 4.78 is 5.25. The van der Waals surface area contributed by atoms with Crippen molar-refractivity contribution in [1.82, 2.24) is 5.32 Å². The van der Waals surface area contributed by atoms with Gasteiger partial charge in [0.1, 0.15) is 5.76 Å². The van der Waals surface area contributed by atoms with Gasteiger partial charge in [-0.2, -0.15) is 0 Å². The van der Waals surface area contributed by atoms with Crippen molar-refractivity contribution in [3.8, 4) is 0 Å². The summed E-state index contributed by atoms with van der Waals surface area (Å²) >= 11 is 0. The summed E-state index contributed by atoms with van der Waals surface area (Å²) in [6, 6.07) is 3.94. The Labute approximate surface area is 67.6 Å². The van der Waals surface area contributed by atoms with Gasteiger partial charge < -0.3 is 9.73 Å². The maximum atomic E-state index is 5.25. The van der Waals surface area contributed by atoms with Gasteiger partial charge in [-0.25, -0.2) is 0 Å². The molecule has 0 spiro atoms. The second-order valence-corrected chi connectivity index (χ2v) is 2.72. The zero-order valence-corrected chi connectivity index (χ0v) is 7.13. The second-order valence-electron chi connectivity index (χ2n) is 2.72. The summed E-state index contributed by atoms with van der Waals surface area (Å²) in [4.78, 5) is 0. The molecule has 0 bridgehead atoms. The Bertz CT molecular complexity index is 181. The summed E-state index contributed by atoms with van der Waals surface area (Å²) in [7, 11) is 0. The molecule has 0 saturated heterocycles. The topological polar surface area (TPSA) is 25.2 Å². The van der Waals surface area contributed by atoms with E-state index in [4.69, 9.17) is 4.42 Å². The number of nitrogens with one attached hydrogen (secondary N) is 1. The number of rotatable bonds is 4. The van der Waals surface area contributed by atoms with Crippen LogP contribution in [0.2, 0.25) is 0 Å². The highest BCUT2D eigenvalue weighted by atomic mass is 16.3. The van der Waals surface area contributed by atoms with Crippen LogP contribution in [0.5, 0.6) is 0 Å². The Hall–Kier alpha value is -0.760. The average Bonchev–Trinajstić information content (AvgIpc) is 2.52. The molecular weight excluding hydrogens is 138 g/mol. The molecule has 1 unspecified atom stereocenters. The van der Waals surface area contributed by atoms with Crippen LogP contribution in [-0.2, 0) is 0 Å². The van der Waals surface area contributed by atoms with E-state index in [1.165, 1.54) is 0 Å². The van der Waals surface area contributed by atoms with Crippen LogP contribution in [0.3, 0.4) is 0 Å². The fourth-order valence-corrected chi connectivity index (χ4v) is 1.03. The first-order valence-electron chi connectivity index (χ1n) is 4.08. The van der Waals surface area contributed by atoms with E-state index < -0.39 is 0 Å². The van der Waals surface area contributed by atoms with Gasteiger partial charge in [0, 0.05) is 12.5 Å². The van der Waals surface area contributed by atoms with E-state index in [1.54, 1.807) is 6.26 Å². The highest BCUT2D eigenvalue weighted by Gasteiger charge is 2.05. The largest absolute Gasteiger partial charge is 0.469 e. The van der Waals surface area contributed by atoms with Crippen molar-refractivity contribution >= 4 is 0 Å². The van der Waals surface area contributed by atoms with E-state index in [-0.39, 0.29) is 0 Å². The highest BCUT2D eigenvalue weighted by Crippen LogP contribution is 2.13. The van der Waals surface area contributed by atoms with E-state index in [0.717, 1.165) is 18.8 Å². The first-order valence-corrected chi connectivity index (χ1v) is 4.08. The lowest BCUT2D eigenvalue weighted by Crippen LogP contribution is -2.18. The predicted molar refractivity (Wildman–Crippen MR) is 45.7 cm³/mol. The maximum Gasteiger partial charge on any atom is 0.107 e. The molecule has 0 saturated carbocycles. The minimum absolute atomic E-state index is 0.477. The summed E-state index contributed by atoms with van der Waals surface area (Å²) in [5.74, 6) is 1.54. The highest BCUT2D eigenvalue weighted by molar-refractivity contribution is 5.04. The van der Waals surface area contributed by atoms with Crippen molar-refractivity contribution in [3.63, 3.8) is 0 Å². The molecule has 1 atom stereocenters. The number of furan rings is 1. The van der Waals surface area contributed by atoms with E-state index in [9.17, 15) is 0 Å². The lowest BCUT2D eigenvalue weighted by Gasteiger charge is -2.07. The summed E-state index contributed by atoms with van der Waals surface area (Å²) in [6.07, 6.45) is 1.72. The third-order valence-corrected chi connectivity index (χ3v) is 1.73. The van der Waals surface area contributed by atoms with Crippen molar-refractivity contribution < 1.29 is 4.42 Å². The fourth-order valence-electron chi connectivity index (χ4n) is 1.03. The third-order valence-electron chi connectivity index (χ3n) is 1.73. The van der Waals surface area contributed by atoms with Gasteiger partial charge in [-0.15, -0.1) is 0 Å². The van der Waals surface area contributed by atoms with Crippen molar-refractivity contribution in [3.05, 3.63) is 24.2 Å². The zero-order chi connectivity index (χ0) is 8.10. The maximum absolute atomic E-state index is 5.25. The molecule has 11 heavy (non-hydrogen) atoms. The van der Waals surface area contributed by atoms with Gasteiger partial charge >= 0.3 is 0 Å². The van der Waals surface area contributed by atoms with Crippen LogP contribution in [0.4, 0.5) is 0 Å². The van der Waals surface area contributed by atoms with Gasteiger partial charge in [0.2, 0.25) is 0 Å². The Morgan fingerprint density at radius 1 is 1.64 bits per heavy atom. The molecule has 0 aromatic carbocycles. The molecule has 2 nitrogen and oxygen atoms in total. The Morgan fingerprint density at radius 3 is 3.00 bits per heavy atom. The van der Waals surface area contributed by atoms with Crippen molar-refractivity contribution in [2.24, 2.45) is 0 Å². The molecule has 62 valence electrons. The smallest absolute Gasteiger partial charge is 0.107 e. The van der Waals surface area contributed by atoms with Crippen LogP contribution in [0.25, 0.3) is 0 Å². The SMILES string of the molecule is CCNCC(C)c1ccco1. The molecule has 0 aliphatic carbocycles. The van der Waals surface area contributed by atoms with Gasteiger partial charge in [-0.1, -0.05) is 13.8 Å². The van der Waals surface area contributed by atoms with Gasteiger partial charge in [-0.05, 0) is 18.7 Å². The summed E-state index contributed by atoms with van der Waals surface area (Å²) in [5.41, 5.74) is 0. The third kappa shape index (κ3) is 2.39. The average molecular weight is 153 g/mol. The Kier molecular flexibility index (Phi) is 3.17.